The molecule has 0 aliphatic heterocycles. The second kappa shape index (κ2) is 8.46. The van der Waals surface area contributed by atoms with Crippen LogP contribution < -0.4 is 0 Å². The minimum atomic E-state index is -1.06. The van der Waals surface area contributed by atoms with E-state index < -0.39 is 48.3 Å². The second-order valence-electron chi connectivity index (χ2n) is 5.12. The van der Waals surface area contributed by atoms with E-state index in [1.807, 2.05) is 22.6 Å². The Labute approximate surface area is 147 Å². The lowest BCUT2D eigenvalue weighted by atomic mass is 9.88. The van der Waals surface area contributed by atoms with Gasteiger partial charge in [-0.1, -0.05) is 22.6 Å². The van der Waals surface area contributed by atoms with E-state index >= 15 is 0 Å². The summed E-state index contributed by atoms with van der Waals surface area (Å²) in [6, 6.07) is 0. The molecule has 0 amide bonds. The molecule has 5 atom stereocenters. The first kappa shape index (κ1) is 19.7. The fraction of sp³-hybridized carbons (Fsp3) is 0.714. The van der Waals surface area contributed by atoms with Crippen LogP contribution in [0.15, 0.2) is 0 Å². The Morgan fingerprint density at radius 3 is 1.52 bits per heavy atom. The fourth-order valence-corrected chi connectivity index (χ4v) is 3.47. The number of ether oxygens (including phenoxy) is 4. The van der Waals surface area contributed by atoms with Crippen molar-refractivity contribution in [3.63, 3.8) is 0 Å². The van der Waals surface area contributed by atoms with Gasteiger partial charge in [0.05, 0.1) is 3.92 Å². The number of carbonyl (C=O) groups excluding carboxylic acids is 4. The zero-order chi connectivity index (χ0) is 17.7. The van der Waals surface area contributed by atoms with Gasteiger partial charge in [-0.25, -0.2) is 0 Å². The molecule has 1 rings (SSSR count). The molecule has 0 spiro atoms. The minimum Gasteiger partial charge on any atom is -0.458 e. The number of halogens is 1. The molecule has 8 nitrogen and oxygen atoms in total. The third-order valence-corrected chi connectivity index (χ3v) is 4.27. The molecule has 1 fully saturated rings. The minimum absolute atomic E-state index is 0.286. The Morgan fingerprint density at radius 1 is 0.696 bits per heavy atom. The van der Waals surface area contributed by atoms with Gasteiger partial charge in [-0.2, -0.15) is 0 Å². The highest BCUT2D eigenvalue weighted by Gasteiger charge is 2.51. The van der Waals surface area contributed by atoms with Crippen molar-refractivity contribution in [2.24, 2.45) is 0 Å². The van der Waals surface area contributed by atoms with Gasteiger partial charge in [-0.15, -0.1) is 0 Å². The van der Waals surface area contributed by atoms with Gasteiger partial charge < -0.3 is 18.9 Å². The predicted molar refractivity (Wildman–Crippen MR) is 84.6 cm³/mol. The molecule has 0 saturated heterocycles. The molecule has 0 heterocycles. The van der Waals surface area contributed by atoms with Gasteiger partial charge in [-0.05, 0) is 0 Å². The summed E-state index contributed by atoms with van der Waals surface area (Å²) < 4.78 is 20.5. The molecule has 0 bridgehead atoms. The van der Waals surface area contributed by atoms with Crippen molar-refractivity contribution in [2.45, 2.75) is 62.5 Å². The normalized spacial score (nSPS) is 30.0. The van der Waals surface area contributed by atoms with Gasteiger partial charge in [0, 0.05) is 34.1 Å². The number of alkyl halides is 1. The molecule has 0 aromatic rings. The Hall–Kier alpha value is -1.39. The molecule has 0 aromatic heterocycles. The van der Waals surface area contributed by atoms with Crippen LogP contribution in [0.25, 0.3) is 0 Å². The van der Waals surface area contributed by atoms with E-state index in [-0.39, 0.29) is 10.3 Å². The lowest BCUT2D eigenvalue weighted by Gasteiger charge is -2.42. The van der Waals surface area contributed by atoms with Crippen LogP contribution in [-0.2, 0) is 38.1 Å². The van der Waals surface area contributed by atoms with Crippen LogP contribution in [0.2, 0.25) is 0 Å². The van der Waals surface area contributed by atoms with Gasteiger partial charge in [-0.3, -0.25) is 19.2 Å². The fourth-order valence-electron chi connectivity index (χ4n) is 2.42. The van der Waals surface area contributed by atoms with Crippen LogP contribution in [0.5, 0.6) is 0 Å². The Bertz CT molecular complexity index is 491. The molecule has 0 radical (unpaired) electrons. The number of hydrogen-bond acceptors (Lipinski definition) is 8. The van der Waals surface area contributed by atoms with Crippen molar-refractivity contribution in [2.75, 3.05) is 0 Å². The SMILES string of the molecule is CC(=O)O[C@H]1[C@@H](OC(C)=O)[C@H](I)C[C@@H](OC(C)=O)[C@H]1OC(C)=O. The van der Waals surface area contributed by atoms with E-state index in [9.17, 15) is 19.2 Å². The summed E-state index contributed by atoms with van der Waals surface area (Å²) in [5, 5.41) is 0. The predicted octanol–water partition coefficient (Wildman–Crippen LogP) is 0.920. The van der Waals surface area contributed by atoms with Crippen LogP contribution in [0.3, 0.4) is 0 Å². The van der Waals surface area contributed by atoms with E-state index in [1.165, 1.54) is 27.7 Å². The molecule has 9 heteroatoms. The van der Waals surface area contributed by atoms with Crippen LogP contribution in [0.1, 0.15) is 34.1 Å². The van der Waals surface area contributed by atoms with E-state index in [0.717, 1.165) is 0 Å². The van der Waals surface area contributed by atoms with E-state index in [0.29, 0.717) is 0 Å². The summed E-state index contributed by atoms with van der Waals surface area (Å²) in [7, 11) is 0. The molecule has 0 aromatic carbocycles. The molecular weight excluding hydrogens is 423 g/mol. The number of esters is 4. The molecule has 0 N–H and O–H groups in total. The van der Waals surface area contributed by atoms with Gasteiger partial charge in [0.2, 0.25) is 0 Å². The van der Waals surface area contributed by atoms with Crippen LogP contribution in [-0.4, -0.2) is 52.2 Å². The first-order valence-corrected chi connectivity index (χ1v) is 8.19. The summed E-state index contributed by atoms with van der Waals surface area (Å²) >= 11 is 2.02. The summed E-state index contributed by atoms with van der Waals surface area (Å²) in [5.74, 6) is -2.36. The van der Waals surface area contributed by atoms with Gasteiger partial charge >= 0.3 is 23.9 Å². The average Bonchev–Trinajstić information content (AvgIpc) is 2.36. The smallest absolute Gasteiger partial charge is 0.303 e. The topological polar surface area (TPSA) is 105 Å². The van der Waals surface area contributed by atoms with Crippen molar-refractivity contribution in [3.05, 3.63) is 0 Å². The first-order valence-electron chi connectivity index (χ1n) is 6.94. The molecule has 130 valence electrons. The highest BCUT2D eigenvalue weighted by atomic mass is 127. The van der Waals surface area contributed by atoms with Crippen molar-refractivity contribution < 1.29 is 38.1 Å². The highest BCUT2D eigenvalue weighted by Crippen LogP contribution is 2.34. The molecular formula is C14H19IO8. The van der Waals surface area contributed by atoms with Crippen LogP contribution in [0.4, 0.5) is 0 Å². The third kappa shape index (κ3) is 5.96. The number of hydrogen-bond donors (Lipinski definition) is 0. The van der Waals surface area contributed by atoms with Crippen molar-refractivity contribution >= 4 is 46.5 Å². The van der Waals surface area contributed by atoms with Crippen molar-refractivity contribution in [1.82, 2.24) is 0 Å². The maximum absolute atomic E-state index is 11.4. The average molecular weight is 442 g/mol. The van der Waals surface area contributed by atoms with Gasteiger partial charge in [0.25, 0.3) is 0 Å². The lowest BCUT2D eigenvalue weighted by Crippen LogP contribution is -2.59. The zero-order valence-electron chi connectivity index (χ0n) is 13.2. The molecule has 0 unspecified atom stereocenters. The standard InChI is InChI=1S/C14H19IO8/c1-6(16)20-11-5-10(15)12(21-7(2)17)14(23-9(4)19)13(11)22-8(3)18/h10-14H,5H2,1-4H3/t10-,11-,12+,13-,14+/m1/s1. The molecule has 1 aliphatic rings. The Morgan fingerprint density at radius 2 is 1.09 bits per heavy atom. The number of rotatable bonds is 4. The molecule has 1 saturated carbocycles. The monoisotopic (exact) mass is 442 g/mol. The Kier molecular flexibility index (Phi) is 7.23. The van der Waals surface area contributed by atoms with E-state index in [2.05, 4.69) is 0 Å². The quantitative estimate of drug-likeness (QED) is 0.274. The van der Waals surface area contributed by atoms with Gasteiger partial charge in [0.1, 0.15) is 6.10 Å². The Balaban J connectivity index is 3.15. The van der Waals surface area contributed by atoms with Crippen molar-refractivity contribution in [1.29, 1.82) is 0 Å². The summed E-state index contributed by atoms with van der Waals surface area (Å²) in [5.41, 5.74) is 0. The maximum Gasteiger partial charge on any atom is 0.303 e. The third-order valence-electron chi connectivity index (χ3n) is 3.05. The van der Waals surface area contributed by atoms with E-state index in [1.54, 1.807) is 0 Å². The summed E-state index contributed by atoms with van der Waals surface area (Å²) in [6.07, 6.45) is -3.42. The maximum atomic E-state index is 11.4. The van der Waals surface area contributed by atoms with Crippen LogP contribution >= 0.6 is 22.6 Å². The van der Waals surface area contributed by atoms with Crippen LogP contribution in [0, 0.1) is 0 Å². The number of carbonyl (C=O) groups is 4. The summed E-state index contributed by atoms with van der Waals surface area (Å²) in [6.45, 7) is 4.83. The van der Waals surface area contributed by atoms with Gasteiger partial charge in [0.15, 0.2) is 18.3 Å². The lowest BCUT2D eigenvalue weighted by molar-refractivity contribution is -0.207. The van der Waals surface area contributed by atoms with E-state index in [4.69, 9.17) is 18.9 Å². The van der Waals surface area contributed by atoms with Crippen molar-refractivity contribution in [3.8, 4) is 0 Å². The largest absolute Gasteiger partial charge is 0.458 e. The molecule has 23 heavy (non-hydrogen) atoms. The zero-order valence-corrected chi connectivity index (χ0v) is 15.4. The summed E-state index contributed by atoms with van der Waals surface area (Å²) in [4.78, 5) is 45.4. The highest BCUT2D eigenvalue weighted by molar-refractivity contribution is 14.1. The second-order valence-corrected chi connectivity index (χ2v) is 6.72. The first-order chi connectivity index (χ1) is 10.6. The molecule has 1 aliphatic carbocycles.